The number of carbonyl (C=O) groups is 2. The fourth-order valence-electron chi connectivity index (χ4n) is 5.47. The minimum absolute atomic E-state index is 0.106. The maximum absolute atomic E-state index is 14.4. The fraction of sp³-hybridized carbons (Fsp3) is 0.222. The number of rotatable bonds is 3. The lowest BCUT2D eigenvalue weighted by Crippen LogP contribution is -2.52. The Labute approximate surface area is 202 Å². The zero-order chi connectivity index (χ0) is 23.2. The van der Waals surface area contributed by atoms with Gasteiger partial charge in [-0.2, -0.15) is 10.1 Å². The molecular formula is C27H22Cl2N2O2. The topological polar surface area (TPSA) is 49.7 Å². The van der Waals surface area contributed by atoms with E-state index in [2.05, 4.69) is 0 Å². The lowest BCUT2D eigenvalue weighted by atomic mass is 9.54. The number of ketones is 1. The summed E-state index contributed by atoms with van der Waals surface area (Å²) >= 11 is 12.7. The average Bonchev–Trinajstić information content (AvgIpc) is 3.07. The Hall–Kier alpha value is -2.95. The summed E-state index contributed by atoms with van der Waals surface area (Å²) in [5.41, 5.74) is 2.09. The Morgan fingerprint density at radius 1 is 0.818 bits per heavy atom. The summed E-state index contributed by atoms with van der Waals surface area (Å²) in [6, 6.07) is 24.3. The highest BCUT2D eigenvalue weighted by Crippen LogP contribution is 2.58. The largest absolute Gasteiger partial charge is 0.300 e. The minimum atomic E-state index is -1.03. The van der Waals surface area contributed by atoms with Gasteiger partial charge in [-0.25, -0.2) is 0 Å². The van der Waals surface area contributed by atoms with Crippen molar-refractivity contribution in [2.45, 2.75) is 31.6 Å². The third-order valence-corrected chi connectivity index (χ3v) is 7.33. The number of hydrogen-bond acceptors (Lipinski definition) is 3. The maximum atomic E-state index is 14.4. The summed E-state index contributed by atoms with van der Waals surface area (Å²) < 4.78 is 0. The van der Waals surface area contributed by atoms with Crippen molar-refractivity contribution < 1.29 is 9.59 Å². The first-order chi connectivity index (χ1) is 15.9. The Kier molecular flexibility index (Phi) is 5.59. The van der Waals surface area contributed by atoms with Crippen molar-refractivity contribution >= 4 is 46.3 Å². The summed E-state index contributed by atoms with van der Waals surface area (Å²) in [5, 5.41) is 7.39. The average molecular weight is 477 g/mol. The molecule has 3 aromatic carbocycles. The minimum Gasteiger partial charge on any atom is -0.300 e. The third kappa shape index (κ3) is 3.58. The van der Waals surface area contributed by atoms with Crippen molar-refractivity contribution in [2.24, 2.45) is 10.5 Å². The molecule has 33 heavy (non-hydrogen) atoms. The normalized spacial score (nSPS) is 22.0. The maximum Gasteiger partial charge on any atom is 0.260 e. The predicted octanol–water partition coefficient (Wildman–Crippen LogP) is 6.63. The van der Waals surface area contributed by atoms with Gasteiger partial charge in [0.25, 0.3) is 5.91 Å². The number of hydrogen-bond donors (Lipinski definition) is 0. The van der Waals surface area contributed by atoms with Crippen LogP contribution >= 0.6 is 23.2 Å². The summed E-state index contributed by atoms with van der Waals surface area (Å²) in [5.74, 6) is -0.819. The van der Waals surface area contributed by atoms with E-state index >= 15 is 0 Å². The smallest absolute Gasteiger partial charge is 0.260 e. The highest BCUT2D eigenvalue weighted by Gasteiger charge is 2.62. The van der Waals surface area contributed by atoms with E-state index in [1.807, 2.05) is 73.7 Å². The van der Waals surface area contributed by atoms with E-state index in [4.69, 9.17) is 28.3 Å². The highest BCUT2D eigenvalue weighted by molar-refractivity contribution is 6.31. The fourth-order valence-corrected chi connectivity index (χ4v) is 5.86. The molecule has 0 N–H and O–H groups in total. The Bertz CT molecular complexity index is 1210. The molecule has 4 nitrogen and oxygen atoms in total. The van der Waals surface area contributed by atoms with Crippen molar-refractivity contribution in [3.63, 3.8) is 0 Å². The van der Waals surface area contributed by atoms with Gasteiger partial charge in [0, 0.05) is 34.7 Å². The van der Waals surface area contributed by atoms with Crippen LogP contribution in [0.1, 0.15) is 42.7 Å². The van der Waals surface area contributed by atoms with Crippen molar-refractivity contribution in [1.82, 2.24) is 0 Å². The molecular weight excluding hydrogens is 455 g/mol. The van der Waals surface area contributed by atoms with Crippen LogP contribution in [-0.2, 0) is 9.59 Å². The van der Waals surface area contributed by atoms with Gasteiger partial charge in [0.05, 0.1) is 11.4 Å². The van der Waals surface area contributed by atoms with Gasteiger partial charge in [0.2, 0.25) is 0 Å². The first-order valence-electron chi connectivity index (χ1n) is 10.9. The molecule has 0 unspecified atom stereocenters. The second kappa shape index (κ2) is 8.44. The molecule has 1 aliphatic carbocycles. The molecule has 1 saturated carbocycles. The Morgan fingerprint density at radius 2 is 1.36 bits per heavy atom. The van der Waals surface area contributed by atoms with Gasteiger partial charge in [-0.05, 0) is 54.4 Å². The molecule has 1 spiro atoms. The van der Waals surface area contributed by atoms with Gasteiger partial charge in [-0.15, -0.1) is 0 Å². The number of hydrazone groups is 1. The summed E-state index contributed by atoms with van der Waals surface area (Å²) in [6.07, 6.45) is 0.497. The molecule has 166 valence electrons. The van der Waals surface area contributed by atoms with Crippen LogP contribution in [0, 0.1) is 5.41 Å². The SMILES string of the molecule is CC1=NN(c2ccccc2)C(=O)C12[C@H](c1cccc(Cl)c1)CC(=O)C[C@H]2c1cccc(Cl)c1. The molecule has 1 heterocycles. The number of carbonyl (C=O) groups excluding carboxylic acids is 2. The van der Waals surface area contributed by atoms with Gasteiger partial charge in [-0.1, -0.05) is 65.7 Å². The number of Topliss-reactive ketones (excluding diaryl/α,β-unsaturated/α-hetero) is 1. The molecule has 0 bridgehead atoms. The van der Waals surface area contributed by atoms with Gasteiger partial charge >= 0.3 is 0 Å². The number of nitrogens with zero attached hydrogens (tertiary/aromatic N) is 2. The van der Waals surface area contributed by atoms with Gasteiger partial charge < -0.3 is 0 Å². The summed E-state index contributed by atoms with van der Waals surface area (Å²) in [4.78, 5) is 27.4. The molecule has 1 aliphatic heterocycles. The molecule has 1 fully saturated rings. The van der Waals surface area contributed by atoms with Gasteiger partial charge in [-0.3, -0.25) is 9.59 Å². The molecule has 6 heteroatoms. The van der Waals surface area contributed by atoms with Crippen molar-refractivity contribution in [3.8, 4) is 0 Å². The van der Waals surface area contributed by atoms with E-state index in [1.165, 1.54) is 5.01 Å². The lowest BCUT2D eigenvalue weighted by molar-refractivity contribution is -0.131. The predicted molar refractivity (Wildman–Crippen MR) is 132 cm³/mol. The second-order valence-corrected chi connectivity index (χ2v) is 9.54. The summed E-state index contributed by atoms with van der Waals surface area (Å²) in [7, 11) is 0. The number of para-hydroxylation sites is 1. The molecule has 2 atom stereocenters. The van der Waals surface area contributed by atoms with E-state index < -0.39 is 17.3 Å². The van der Waals surface area contributed by atoms with Gasteiger partial charge in [0.15, 0.2) is 0 Å². The number of halogens is 2. The lowest BCUT2D eigenvalue weighted by Gasteiger charge is -2.46. The van der Waals surface area contributed by atoms with E-state index in [0.29, 0.717) is 21.4 Å². The first-order valence-corrected chi connectivity index (χ1v) is 11.6. The van der Waals surface area contributed by atoms with Gasteiger partial charge in [0.1, 0.15) is 11.2 Å². The van der Waals surface area contributed by atoms with E-state index in [9.17, 15) is 9.59 Å². The quantitative estimate of drug-likeness (QED) is 0.425. The van der Waals surface area contributed by atoms with Crippen LogP contribution in [0.4, 0.5) is 5.69 Å². The van der Waals surface area contributed by atoms with E-state index in [0.717, 1.165) is 11.1 Å². The Balaban J connectivity index is 1.74. The number of anilines is 1. The summed E-state index contributed by atoms with van der Waals surface area (Å²) in [6.45, 7) is 1.89. The molecule has 3 aromatic rings. The molecule has 0 aromatic heterocycles. The van der Waals surface area contributed by atoms with Crippen LogP contribution in [0.5, 0.6) is 0 Å². The molecule has 0 radical (unpaired) electrons. The van der Waals surface area contributed by atoms with Crippen LogP contribution in [0.3, 0.4) is 0 Å². The van der Waals surface area contributed by atoms with Crippen LogP contribution in [-0.4, -0.2) is 17.4 Å². The molecule has 5 rings (SSSR count). The molecule has 2 aliphatic rings. The number of benzene rings is 3. The van der Waals surface area contributed by atoms with Crippen molar-refractivity contribution in [1.29, 1.82) is 0 Å². The first kappa shape index (κ1) is 21.9. The van der Waals surface area contributed by atoms with Crippen LogP contribution < -0.4 is 5.01 Å². The van der Waals surface area contributed by atoms with Crippen LogP contribution in [0.15, 0.2) is 84.0 Å². The zero-order valence-corrected chi connectivity index (χ0v) is 19.6. The standard InChI is InChI=1S/C27H22Cl2N2O2/c1-17-27(26(33)31(30-17)22-11-3-2-4-12-22)24(18-7-5-9-20(28)13-18)15-23(32)16-25(27)19-8-6-10-21(29)14-19/h2-14,24-25H,15-16H2,1H3/t24-,25-/m0/s1. The van der Waals surface area contributed by atoms with E-state index in [-0.39, 0.29) is 24.5 Å². The third-order valence-electron chi connectivity index (χ3n) is 6.86. The van der Waals surface area contributed by atoms with Crippen molar-refractivity contribution in [3.05, 3.63) is 100 Å². The van der Waals surface area contributed by atoms with E-state index in [1.54, 1.807) is 12.1 Å². The van der Waals surface area contributed by atoms with Crippen molar-refractivity contribution in [2.75, 3.05) is 5.01 Å². The number of amides is 1. The molecule has 0 saturated heterocycles. The molecule has 1 amide bonds. The van der Waals surface area contributed by atoms with Crippen LogP contribution in [0.25, 0.3) is 0 Å². The van der Waals surface area contributed by atoms with Crippen LogP contribution in [0.2, 0.25) is 10.0 Å². The highest BCUT2D eigenvalue weighted by atomic mass is 35.5. The monoisotopic (exact) mass is 476 g/mol. The Morgan fingerprint density at radius 3 is 1.88 bits per heavy atom. The second-order valence-electron chi connectivity index (χ2n) is 8.67. The zero-order valence-electron chi connectivity index (χ0n) is 18.0.